The molecule has 4 rings (SSSR count). The molecule has 36 heavy (non-hydrogen) atoms. The van der Waals surface area contributed by atoms with Crippen LogP contribution < -0.4 is 9.46 Å². The molecule has 0 spiro atoms. The quantitative estimate of drug-likeness (QED) is 0.531. The molecule has 2 aliphatic rings. The van der Waals surface area contributed by atoms with E-state index in [4.69, 9.17) is 4.74 Å². The van der Waals surface area contributed by atoms with Crippen LogP contribution in [0.4, 0.5) is 5.69 Å². The van der Waals surface area contributed by atoms with E-state index in [0.717, 1.165) is 18.0 Å². The number of nitrogens with one attached hydrogen (secondary N) is 1. The van der Waals surface area contributed by atoms with Gasteiger partial charge in [-0.25, -0.2) is 8.42 Å². The van der Waals surface area contributed by atoms with Gasteiger partial charge in [0.25, 0.3) is 15.9 Å². The number of rotatable bonds is 9. The van der Waals surface area contributed by atoms with Crippen LogP contribution in [0, 0.1) is 18.8 Å². The number of ether oxygens (including phenoxy) is 1. The Labute approximate surface area is 214 Å². The minimum absolute atomic E-state index is 0.0421. The fourth-order valence-corrected chi connectivity index (χ4v) is 5.65. The molecule has 9 heteroatoms. The van der Waals surface area contributed by atoms with Gasteiger partial charge in [-0.2, -0.15) is 0 Å². The summed E-state index contributed by atoms with van der Waals surface area (Å²) in [6, 6.07) is 11.1. The Balaban J connectivity index is 1.72. The van der Waals surface area contributed by atoms with Gasteiger partial charge < -0.3 is 19.6 Å². The predicted octanol–water partition coefficient (Wildman–Crippen LogP) is 3.36. The molecule has 0 radical (unpaired) electrons. The van der Waals surface area contributed by atoms with Crippen LogP contribution in [0.2, 0.25) is 0 Å². The van der Waals surface area contributed by atoms with E-state index >= 15 is 0 Å². The fraction of sp³-hybridized carbons (Fsp3) is 0.519. The van der Waals surface area contributed by atoms with E-state index in [1.165, 1.54) is 12.8 Å². The van der Waals surface area contributed by atoms with Gasteiger partial charge in [-0.05, 0) is 63.9 Å². The number of amides is 1. The van der Waals surface area contributed by atoms with Gasteiger partial charge in [0, 0.05) is 25.6 Å². The molecule has 0 saturated heterocycles. The molecule has 0 bridgehead atoms. The number of aryl methyl sites for hydroxylation is 1. The number of aliphatic hydroxyl groups is 1. The summed E-state index contributed by atoms with van der Waals surface area (Å²) in [7, 11) is -1.83. The van der Waals surface area contributed by atoms with E-state index in [-0.39, 0.29) is 52.5 Å². The van der Waals surface area contributed by atoms with Crippen molar-refractivity contribution in [3.8, 4) is 5.75 Å². The van der Waals surface area contributed by atoms with E-state index in [9.17, 15) is 18.3 Å². The Hall–Kier alpha value is -2.62. The maximum absolute atomic E-state index is 13.6. The number of para-hydroxylation sites is 1. The van der Waals surface area contributed by atoms with Crippen LogP contribution in [0.1, 0.15) is 42.6 Å². The molecule has 1 saturated carbocycles. The second-order valence-electron chi connectivity index (χ2n) is 10.4. The minimum Gasteiger partial charge on any atom is -0.486 e. The first-order valence-electron chi connectivity index (χ1n) is 12.6. The average Bonchev–Trinajstić information content (AvgIpc) is 3.65. The highest BCUT2D eigenvalue weighted by molar-refractivity contribution is 7.92. The lowest BCUT2D eigenvalue weighted by Gasteiger charge is -2.38. The first-order chi connectivity index (χ1) is 17.1. The van der Waals surface area contributed by atoms with Gasteiger partial charge in [-0.3, -0.25) is 9.52 Å². The van der Waals surface area contributed by atoms with Gasteiger partial charge >= 0.3 is 0 Å². The summed E-state index contributed by atoms with van der Waals surface area (Å²) in [4.78, 5) is 17.6. The second-order valence-corrected chi connectivity index (χ2v) is 12.1. The molecule has 0 unspecified atom stereocenters. The molecule has 1 heterocycles. The maximum Gasteiger partial charge on any atom is 0.262 e. The first-order valence-corrected chi connectivity index (χ1v) is 14.1. The van der Waals surface area contributed by atoms with Crippen molar-refractivity contribution < 1.29 is 23.1 Å². The Bertz CT molecular complexity index is 1180. The van der Waals surface area contributed by atoms with Gasteiger partial charge in [-0.15, -0.1) is 0 Å². The molecule has 1 aliphatic heterocycles. The Kier molecular flexibility index (Phi) is 7.92. The van der Waals surface area contributed by atoms with Crippen molar-refractivity contribution in [2.75, 3.05) is 38.0 Å². The van der Waals surface area contributed by atoms with E-state index in [1.54, 1.807) is 47.4 Å². The van der Waals surface area contributed by atoms with E-state index in [2.05, 4.69) is 16.7 Å². The van der Waals surface area contributed by atoms with Crippen LogP contribution >= 0.6 is 0 Å². The SMILES string of the molecule is Cc1ccc(S(=O)(=O)Nc2cccc3c2O[C@@H](CN(C)CC2CC2)[C@@H](C)CN([C@H](C)CO)C3=O)cc1. The second kappa shape index (κ2) is 10.8. The number of carbonyl (C=O) groups is 1. The van der Waals surface area contributed by atoms with Crippen molar-refractivity contribution in [2.24, 2.45) is 11.8 Å². The number of sulfonamides is 1. The number of likely N-dealkylation sites (N-methyl/N-ethyl adjacent to an activating group) is 1. The van der Waals surface area contributed by atoms with Gasteiger partial charge in [0.2, 0.25) is 0 Å². The van der Waals surface area contributed by atoms with Crippen molar-refractivity contribution in [2.45, 2.75) is 50.7 Å². The zero-order chi connectivity index (χ0) is 26.0. The highest BCUT2D eigenvalue weighted by Gasteiger charge is 2.35. The van der Waals surface area contributed by atoms with Crippen LogP contribution in [-0.2, 0) is 10.0 Å². The lowest BCUT2D eigenvalue weighted by molar-refractivity contribution is 0.0346. The van der Waals surface area contributed by atoms with Crippen molar-refractivity contribution in [3.05, 3.63) is 53.6 Å². The summed E-state index contributed by atoms with van der Waals surface area (Å²) in [5.74, 6) is 0.610. The van der Waals surface area contributed by atoms with Gasteiger partial charge in [0.1, 0.15) is 6.10 Å². The molecule has 1 fully saturated rings. The first kappa shape index (κ1) is 26.4. The summed E-state index contributed by atoms with van der Waals surface area (Å²) in [6.07, 6.45) is 2.21. The molecule has 8 nitrogen and oxygen atoms in total. The number of carbonyl (C=O) groups excluding carboxylic acids is 1. The summed E-state index contributed by atoms with van der Waals surface area (Å²) in [5.41, 5.74) is 1.46. The number of nitrogens with zero attached hydrogens (tertiary/aromatic N) is 2. The highest BCUT2D eigenvalue weighted by atomic mass is 32.2. The van der Waals surface area contributed by atoms with Crippen molar-refractivity contribution in [1.29, 1.82) is 0 Å². The molecule has 1 aliphatic carbocycles. The Morgan fingerprint density at radius 2 is 1.86 bits per heavy atom. The lowest BCUT2D eigenvalue weighted by Crippen LogP contribution is -2.50. The molecule has 2 N–H and O–H groups in total. The zero-order valence-corrected chi connectivity index (χ0v) is 22.3. The smallest absolute Gasteiger partial charge is 0.262 e. The monoisotopic (exact) mass is 515 g/mol. The van der Waals surface area contributed by atoms with Crippen molar-refractivity contribution in [1.82, 2.24) is 9.80 Å². The van der Waals surface area contributed by atoms with Crippen LogP contribution in [0.3, 0.4) is 0 Å². The van der Waals surface area contributed by atoms with Gasteiger partial charge in [0.15, 0.2) is 5.75 Å². The van der Waals surface area contributed by atoms with Crippen molar-refractivity contribution in [3.63, 3.8) is 0 Å². The molecule has 196 valence electrons. The fourth-order valence-electron chi connectivity index (χ4n) is 4.59. The third-order valence-corrected chi connectivity index (χ3v) is 8.41. The van der Waals surface area contributed by atoms with Crippen molar-refractivity contribution >= 4 is 21.6 Å². The van der Waals surface area contributed by atoms with E-state index < -0.39 is 10.0 Å². The standard InChI is InChI=1S/C27H37N3O5S/c1-18-8-12-22(13-9-18)36(33,34)28-24-7-5-6-23-26(24)35-25(16-29(4)15-21-10-11-21)19(2)14-30(27(23)32)20(3)17-31/h5-9,12-13,19-21,25,28,31H,10-11,14-17H2,1-4H3/t19-,20+,25-/m0/s1. The Morgan fingerprint density at radius 1 is 1.17 bits per heavy atom. The molecule has 1 amide bonds. The maximum atomic E-state index is 13.6. The largest absolute Gasteiger partial charge is 0.486 e. The summed E-state index contributed by atoms with van der Waals surface area (Å²) in [5, 5.41) is 9.85. The predicted molar refractivity (Wildman–Crippen MR) is 140 cm³/mol. The molecule has 3 atom stereocenters. The molecule has 0 aromatic heterocycles. The summed E-state index contributed by atoms with van der Waals surface area (Å²) in [6.45, 7) is 7.63. The highest BCUT2D eigenvalue weighted by Crippen LogP contribution is 2.36. The number of fused-ring (bicyclic) bond motifs is 1. The van der Waals surface area contributed by atoms with Crippen LogP contribution in [-0.4, -0.2) is 74.7 Å². The lowest BCUT2D eigenvalue weighted by atomic mass is 9.99. The number of anilines is 1. The van der Waals surface area contributed by atoms with Gasteiger partial charge in [0.05, 0.1) is 28.8 Å². The summed E-state index contributed by atoms with van der Waals surface area (Å²) >= 11 is 0. The number of aliphatic hydroxyl groups excluding tert-OH is 1. The number of hydrogen-bond donors (Lipinski definition) is 2. The molecule has 2 aromatic rings. The minimum atomic E-state index is -3.90. The number of hydrogen-bond acceptors (Lipinski definition) is 6. The average molecular weight is 516 g/mol. The molecule has 2 aromatic carbocycles. The van der Waals surface area contributed by atoms with Crippen LogP contribution in [0.15, 0.2) is 47.4 Å². The van der Waals surface area contributed by atoms with Gasteiger partial charge in [-0.1, -0.05) is 30.7 Å². The third kappa shape index (κ3) is 6.02. The van der Waals surface area contributed by atoms with Crippen LogP contribution in [0.25, 0.3) is 0 Å². The normalized spacial score (nSPS) is 21.4. The van der Waals surface area contributed by atoms with Crippen LogP contribution in [0.5, 0.6) is 5.75 Å². The van der Waals surface area contributed by atoms with E-state index in [0.29, 0.717) is 13.1 Å². The number of benzene rings is 2. The Morgan fingerprint density at radius 3 is 2.50 bits per heavy atom. The summed E-state index contributed by atoms with van der Waals surface area (Å²) < 4.78 is 35.6. The van der Waals surface area contributed by atoms with E-state index in [1.807, 2.05) is 20.8 Å². The zero-order valence-electron chi connectivity index (χ0n) is 21.5. The molecular weight excluding hydrogens is 478 g/mol. The third-order valence-electron chi connectivity index (χ3n) is 7.03. The topological polar surface area (TPSA) is 99.2 Å². The molecular formula is C27H37N3O5S.